The van der Waals surface area contributed by atoms with Crippen molar-refractivity contribution in [2.75, 3.05) is 62.2 Å². The van der Waals surface area contributed by atoms with Gasteiger partial charge in [-0.05, 0) is 74.8 Å². The lowest BCUT2D eigenvalue weighted by Crippen LogP contribution is -2.60. The zero-order valence-corrected chi connectivity index (χ0v) is 41.2. The van der Waals surface area contributed by atoms with Crippen LogP contribution in [0.3, 0.4) is 0 Å². The minimum Gasteiger partial charge on any atom is -0.493 e. The predicted molar refractivity (Wildman–Crippen MR) is 261 cm³/mol. The van der Waals surface area contributed by atoms with E-state index in [1.54, 1.807) is 38.1 Å². The van der Waals surface area contributed by atoms with Crippen molar-refractivity contribution in [3.05, 3.63) is 77.9 Å². The van der Waals surface area contributed by atoms with E-state index < -0.39 is 78.5 Å². The third-order valence-corrected chi connectivity index (χ3v) is 13.0. The number of unbranched alkanes of at least 4 members (excludes halogenated alkanes) is 2. The first-order valence-electron chi connectivity index (χ1n) is 23.9. The Hall–Kier alpha value is -7.79. The summed E-state index contributed by atoms with van der Waals surface area (Å²) in [5.41, 5.74) is 1.12. The molecule has 23 nitrogen and oxygen atoms in total. The highest BCUT2D eigenvalue weighted by Gasteiger charge is 2.49. The molecule has 7 rings (SSSR count). The average molecular weight is 1020 g/mol. The molecule has 4 aliphatic rings. The lowest BCUT2D eigenvalue weighted by Gasteiger charge is -2.43. The number of methoxy groups -OCH3 is 2. The van der Waals surface area contributed by atoms with Crippen molar-refractivity contribution in [2.24, 2.45) is 5.92 Å². The van der Waals surface area contributed by atoms with Gasteiger partial charge in [0, 0.05) is 30.9 Å². The summed E-state index contributed by atoms with van der Waals surface area (Å²) in [6, 6.07) is 8.80. The number of nitrogens with one attached hydrogen (secondary N) is 3. The smallest absolute Gasteiger partial charge is 0.416 e. The quantitative estimate of drug-likeness (QED) is 0.0674. The van der Waals surface area contributed by atoms with Crippen molar-refractivity contribution in [3.8, 4) is 23.0 Å². The minimum absolute atomic E-state index is 0.00564. The van der Waals surface area contributed by atoms with E-state index in [0.29, 0.717) is 56.4 Å². The summed E-state index contributed by atoms with van der Waals surface area (Å²) in [5, 5.41) is 40.3. The van der Waals surface area contributed by atoms with E-state index in [1.807, 2.05) is 0 Å². The van der Waals surface area contributed by atoms with E-state index in [0.717, 1.165) is 9.80 Å². The van der Waals surface area contributed by atoms with Crippen molar-refractivity contribution in [1.82, 2.24) is 20.4 Å². The molecule has 4 aliphatic heterocycles. The molecule has 2 fully saturated rings. The Morgan fingerprint density at radius 2 is 1.26 bits per heavy atom. The van der Waals surface area contributed by atoms with E-state index in [9.17, 15) is 48.9 Å². The number of amides is 7. The van der Waals surface area contributed by atoms with Crippen LogP contribution < -0.4 is 44.7 Å². The van der Waals surface area contributed by atoms with Crippen molar-refractivity contribution in [2.45, 2.75) is 96.1 Å². The molecule has 0 bridgehead atoms. The van der Waals surface area contributed by atoms with Gasteiger partial charge in [0.2, 0.25) is 11.8 Å². The number of rotatable bonds is 20. The number of carboxylic acid groups (broad SMARTS) is 1. The van der Waals surface area contributed by atoms with Crippen molar-refractivity contribution in [3.63, 3.8) is 0 Å². The molecule has 392 valence electrons. The number of alkyl carbamates (subject to hydrolysis) is 1. The maximum Gasteiger partial charge on any atom is 0.416 e. The van der Waals surface area contributed by atoms with E-state index in [4.69, 9.17) is 28.4 Å². The number of hydrogen-bond donors (Lipinski definition) is 6. The molecule has 0 spiro atoms. The lowest BCUT2D eigenvalue weighted by atomic mass is 10.0. The van der Waals surface area contributed by atoms with Gasteiger partial charge >= 0.3 is 18.3 Å². The predicted octanol–water partition coefficient (Wildman–Crippen LogP) is 4.43. The van der Waals surface area contributed by atoms with Gasteiger partial charge in [-0.15, -0.1) is 0 Å². The van der Waals surface area contributed by atoms with Crippen molar-refractivity contribution in [1.29, 1.82) is 0 Å². The molecular formula is C50H61N7O16. The molecule has 3 unspecified atom stereocenters. The molecule has 23 heteroatoms. The fourth-order valence-corrected chi connectivity index (χ4v) is 8.79. The highest BCUT2D eigenvalue weighted by molar-refractivity contribution is 6.07. The van der Waals surface area contributed by atoms with Gasteiger partial charge < -0.3 is 69.5 Å². The molecule has 0 aliphatic carbocycles. The molecule has 0 radical (unpaired) electrons. The molecule has 6 atom stereocenters. The first-order valence-corrected chi connectivity index (χ1v) is 23.9. The second-order valence-electron chi connectivity index (χ2n) is 18.1. The van der Waals surface area contributed by atoms with Crippen LogP contribution in [-0.4, -0.2) is 151 Å². The van der Waals surface area contributed by atoms with Crippen LogP contribution in [0.4, 0.5) is 31.4 Å². The van der Waals surface area contributed by atoms with Crippen LogP contribution >= 0.6 is 0 Å². The summed E-state index contributed by atoms with van der Waals surface area (Å²) in [7, 11) is 2.82. The highest BCUT2D eigenvalue weighted by atomic mass is 16.6. The maximum absolute atomic E-state index is 13.9. The van der Waals surface area contributed by atoms with Gasteiger partial charge in [0.25, 0.3) is 11.8 Å². The Balaban J connectivity index is 0.945. The molecule has 6 N–H and O–H groups in total. The Kier molecular flexibility index (Phi) is 16.8. The van der Waals surface area contributed by atoms with Crippen LogP contribution in [-0.2, 0) is 25.7 Å². The summed E-state index contributed by atoms with van der Waals surface area (Å²) < 4.78 is 33.9. The van der Waals surface area contributed by atoms with Crippen LogP contribution in [0.15, 0.2) is 61.2 Å². The molecule has 73 heavy (non-hydrogen) atoms. The normalized spacial score (nSPS) is 19.4. The van der Waals surface area contributed by atoms with E-state index in [-0.39, 0.29) is 77.8 Å². The summed E-state index contributed by atoms with van der Waals surface area (Å²) >= 11 is 0. The first-order chi connectivity index (χ1) is 35.0. The van der Waals surface area contributed by atoms with Crippen LogP contribution in [0, 0.1) is 5.92 Å². The Bertz CT molecular complexity index is 2590. The van der Waals surface area contributed by atoms with E-state index in [1.165, 1.54) is 61.3 Å². The number of carbonyl (C=O) groups excluding carboxylic acids is 6. The third kappa shape index (κ3) is 11.5. The van der Waals surface area contributed by atoms with Gasteiger partial charge in [-0.3, -0.25) is 19.2 Å². The van der Waals surface area contributed by atoms with Gasteiger partial charge in [0.15, 0.2) is 35.5 Å². The molecule has 0 aromatic heterocycles. The maximum atomic E-state index is 13.9. The number of hydrogen-bond acceptors (Lipinski definition) is 15. The molecule has 0 saturated carbocycles. The van der Waals surface area contributed by atoms with E-state index >= 15 is 0 Å². The second-order valence-corrected chi connectivity index (χ2v) is 18.1. The Morgan fingerprint density at radius 3 is 1.74 bits per heavy atom. The van der Waals surface area contributed by atoms with Crippen molar-refractivity contribution >= 4 is 59.0 Å². The zero-order chi connectivity index (χ0) is 52.7. The molecule has 3 aromatic rings. The number of nitrogens with zero attached hydrogens (tertiary/aromatic N) is 4. The highest BCUT2D eigenvalue weighted by Crippen LogP contribution is 2.43. The fraction of sp³-hybridized carbons (Fsp3) is 0.460. The first kappa shape index (κ1) is 53.0. The molecular weight excluding hydrogens is 955 g/mol. The fourth-order valence-electron chi connectivity index (χ4n) is 8.79. The summed E-state index contributed by atoms with van der Waals surface area (Å²) in [4.78, 5) is 96.1. The summed E-state index contributed by atoms with van der Waals surface area (Å²) in [6.45, 7) is 9.27. The Labute approximate surface area is 420 Å². The second kappa shape index (κ2) is 23.2. The SMILES string of the molecule is C=CCOC(=O)NC(C(=O)NC(C)C(=O)Nc1ccc(COC(=O)N2c3cc(OCCCCCOc4cc5c(cc4OC)C(=O)N4CC[C@H]4C(O)N5C(=O)O)c(OC)cc3C(=O)N3CC[C@H]3[C@@H]2O)cc1)C(C)C. The van der Waals surface area contributed by atoms with Gasteiger partial charge in [-0.1, -0.05) is 38.6 Å². The van der Waals surface area contributed by atoms with E-state index in [2.05, 4.69) is 22.5 Å². The largest absolute Gasteiger partial charge is 0.493 e. The summed E-state index contributed by atoms with van der Waals surface area (Å²) in [5.74, 6) is -1.41. The molecule has 7 amide bonds. The molecule has 4 heterocycles. The number of aliphatic hydroxyl groups is 2. The molecule has 3 aromatic carbocycles. The van der Waals surface area contributed by atoms with Crippen molar-refractivity contribution < 1.29 is 77.3 Å². The summed E-state index contributed by atoms with van der Waals surface area (Å²) in [6.07, 6.45) is -2.15. The standard InChI is InChI=1S/C50H61N7O16/c1-7-19-72-48(64)53-41(27(2)3)43(59)51-28(4)42(58)52-30-13-11-29(12-14-30)26-73-50(67)57-36-25-40(38(69-6)23-32(36)45(61)55-18-16-34(55)47(57)63)71-21-10-8-9-20-70-39-24-35-31(22-37(39)68-5)44(60)54-17-15-33(54)46(62)56(35)49(65)66/h7,11-14,22-25,27-28,33-34,41,46-47,62-63H,1,8-10,15-21,26H2,2-6H3,(H,51,59)(H,52,58)(H,53,64)(H,65,66)/t28?,33-,34-,41?,46?,47-/m0/s1. The van der Waals surface area contributed by atoms with Gasteiger partial charge in [-0.2, -0.15) is 0 Å². The van der Waals surface area contributed by atoms with Crippen LogP contribution in [0.1, 0.15) is 79.2 Å². The number of anilines is 3. The van der Waals surface area contributed by atoms with Crippen LogP contribution in [0.5, 0.6) is 23.0 Å². The molecule has 2 saturated heterocycles. The third-order valence-electron chi connectivity index (χ3n) is 13.0. The van der Waals surface area contributed by atoms with Gasteiger partial charge in [0.05, 0.1) is 62.0 Å². The van der Waals surface area contributed by atoms with Gasteiger partial charge in [-0.25, -0.2) is 24.2 Å². The Morgan fingerprint density at radius 1 is 0.726 bits per heavy atom. The average Bonchev–Trinajstić information content (AvgIpc) is 3.42. The van der Waals surface area contributed by atoms with Crippen LogP contribution in [0.25, 0.3) is 0 Å². The van der Waals surface area contributed by atoms with Gasteiger partial charge in [0.1, 0.15) is 25.3 Å². The zero-order valence-electron chi connectivity index (χ0n) is 41.2. The van der Waals surface area contributed by atoms with Crippen LogP contribution in [0.2, 0.25) is 0 Å². The topological polar surface area (TPSA) is 285 Å². The number of fused-ring (bicyclic) bond motifs is 4. The lowest BCUT2D eigenvalue weighted by molar-refractivity contribution is -0.128. The minimum atomic E-state index is -1.46. The monoisotopic (exact) mass is 1020 g/mol. The number of carbonyl (C=O) groups is 7. The number of aliphatic hydroxyl groups excluding tert-OH is 2. The number of ether oxygens (including phenoxy) is 6. The number of benzene rings is 3.